The molecule has 1 aliphatic rings. The van der Waals surface area contributed by atoms with E-state index < -0.39 is 0 Å². The van der Waals surface area contributed by atoms with Crippen LogP contribution in [0.1, 0.15) is 30.1 Å². The zero-order chi connectivity index (χ0) is 11.0. The molecule has 0 aliphatic heterocycles. The lowest BCUT2D eigenvalue weighted by Crippen LogP contribution is -2.05. The minimum absolute atomic E-state index is 0.660. The first kappa shape index (κ1) is 9.45. The second-order valence-corrected chi connectivity index (χ2v) is 4.30. The molecular formula is C11H15N5. The Balaban J connectivity index is 1.73. The van der Waals surface area contributed by atoms with Crippen LogP contribution < -0.4 is 5.32 Å². The quantitative estimate of drug-likeness (QED) is 0.821. The van der Waals surface area contributed by atoms with Gasteiger partial charge in [-0.2, -0.15) is 5.10 Å². The Bertz CT molecular complexity index is 467. The van der Waals surface area contributed by atoms with Crippen molar-refractivity contribution in [1.29, 1.82) is 0 Å². The van der Waals surface area contributed by atoms with Gasteiger partial charge in [0.25, 0.3) is 0 Å². The van der Waals surface area contributed by atoms with Crippen LogP contribution in [0.3, 0.4) is 0 Å². The normalized spacial score (nSPS) is 15.3. The fourth-order valence-electron chi connectivity index (χ4n) is 1.83. The minimum atomic E-state index is 0.660. The molecule has 16 heavy (non-hydrogen) atoms. The van der Waals surface area contributed by atoms with Crippen molar-refractivity contribution in [3.63, 3.8) is 0 Å². The van der Waals surface area contributed by atoms with Crippen molar-refractivity contribution in [2.75, 3.05) is 5.32 Å². The number of nitrogens with one attached hydrogen (secondary N) is 2. The number of nitrogens with zero attached hydrogens (tertiary/aromatic N) is 3. The molecule has 2 aromatic heterocycles. The third kappa shape index (κ3) is 1.80. The lowest BCUT2D eigenvalue weighted by atomic mass is 10.4. The fraction of sp³-hybridized carbons (Fsp3) is 0.455. The molecule has 2 aromatic rings. The van der Waals surface area contributed by atoms with Gasteiger partial charge < -0.3 is 9.88 Å². The summed E-state index contributed by atoms with van der Waals surface area (Å²) in [5.74, 6) is 0.973. The topological polar surface area (TPSA) is 58.5 Å². The van der Waals surface area contributed by atoms with Crippen LogP contribution in [-0.2, 0) is 6.54 Å². The van der Waals surface area contributed by atoms with Gasteiger partial charge in [-0.3, -0.25) is 5.10 Å². The van der Waals surface area contributed by atoms with Gasteiger partial charge in [0.05, 0.1) is 11.9 Å². The van der Waals surface area contributed by atoms with Crippen LogP contribution in [0.5, 0.6) is 0 Å². The predicted octanol–water partition coefficient (Wildman–Crippen LogP) is 1.86. The summed E-state index contributed by atoms with van der Waals surface area (Å²) in [7, 11) is 0. The zero-order valence-electron chi connectivity index (χ0n) is 9.27. The molecule has 0 aromatic carbocycles. The predicted molar refractivity (Wildman–Crippen MR) is 61.1 cm³/mol. The Labute approximate surface area is 93.9 Å². The summed E-state index contributed by atoms with van der Waals surface area (Å²) in [6, 6.07) is 0.660. The Kier molecular flexibility index (Phi) is 2.16. The van der Waals surface area contributed by atoms with Gasteiger partial charge in [-0.25, -0.2) is 4.98 Å². The van der Waals surface area contributed by atoms with Crippen molar-refractivity contribution in [2.45, 2.75) is 32.4 Å². The van der Waals surface area contributed by atoms with Crippen molar-refractivity contribution in [2.24, 2.45) is 0 Å². The molecule has 0 amide bonds. The number of anilines is 1. The van der Waals surface area contributed by atoms with E-state index in [1.807, 2.05) is 19.3 Å². The van der Waals surface area contributed by atoms with Gasteiger partial charge in [-0.05, 0) is 19.8 Å². The third-order valence-corrected chi connectivity index (χ3v) is 2.80. The van der Waals surface area contributed by atoms with Gasteiger partial charge in [-0.15, -0.1) is 0 Å². The molecule has 1 saturated carbocycles. The lowest BCUT2D eigenvalue weighted by Gasteiger charge is -2.07. The highest BCUT2D eigenvalue weighted by Gasteiger charge is 2.26. The Morgan fingerprint density at radius 1 is 1.56 bits per heavy atom. The second-order valence-electron chi connectivity index (χ2n) is 4.30. The highest BCUT2D eigenvalue weighted by Crippen LogP contribution is 2.37. The molecule has 0 saturated heterocycles. The van der Waals surface area contributed by atoms with E-state index in [9.17, 15) is 0 Å². The van der Waals surface area contributed by atoms with Crippen molar-refractivity contribution in [3.05, 3.63) is 29.8 Å². The fourth-order valence-corrected chi connectivity index (χ4v) is 1.83. The van der Waals surface area contributed by atoms with E-state index in [1.54, 1.807) is 0 Å². The molecule has 1 fully saturated rings. The van der Waals surface area contributed by atoms with E-state index in [2.05, 4.69) is 31.3 Å². The third-order valence-electron chi connectivity index (χ3n) is 2.80. The summed E-state index contributed by atoms with van der Waals surface area (Å²) in [6.45, 7) is 2.79. The molecule has 0 bridgehead atoms. The molecule has 2 heterocycles. The Morgan fingerprint density at radius 2 is 2.44 bits per heavy atom. The van der Waals surface area contributed by atoms with E-state index >= 15 is 0 Å². The first-order chi connectivity index (χ1) is 7.83. The summed E-state index contributed by atoms with van der Waals surface area (Å²) in [4.78, 5) is 4.49. The number of H-pyrrole nitrogens is 1. The van der Waals surface area contributed by atoms with E-state index in [1.165, 1.54) is 12.8 Å². The molecule has 5 nitrogen and oxygen atoms in total. The number of hydrogen-bond donors (Lipinski definition) is 2. The van der Waals surface area contributed by atoms with Gasteiger partial charge in [0, 0.05) is 30.5 Å². The maximum Gasteiger partial charge on any atom is 0.203 e. The van der Waals surface area contributed by atoms with Crippen molar-refractivity contribution >= 4 is 5.95 Å². The summed E-state index contributed by atoms with van der Waals surface area (Å²) < 4.78 is 2.25. The van der Waals surface area contributed by atoms with E-state index in [4.69, 9.17) is 0 Å². The number of aromatic amines is 1. The molecule has 3 rings (SSSR count). The van der Waals surface area contributed by atoms with Crippen LogP contribution >= 0.6 is 0 Å². The largest absolute Gasteiger partial charge is 0.351 e. The number of aromatic nitrogens is 4. The number of rotatable bonds is 4. The van der Waals surface area contributed by atoms with Crippen molar-refractivity contribution in [3.8, 4) is 0 Å². The molecular weight excluding hydrogens is 202 g/mol. The van der Waals surface area contributed by atoms with Gasteiger partial charge in [-0.1, -0.05) is 0 Å². The summed E-state index contributed by atoms with van der Waals surface area (Å²) in [5.41, 5.74) is 2.21. The van der Waals surface area contributed by atoms with E-state index in [0.717, 1.165) is 23.8 Å². The van der Waals surface area contributed by atoms with Gasteiger partial charge in [0.2, 0.25) is 5.95 Å². The van der Waals surface area contributed by atoms with Gasteiger partial charge in [0.1, 0.15) is 0 Å². The van der Waals surface area contributed by atoms with Crippen LogP contribution in [0, 0.1) is 6.92 Å². The van der Waals surface area contributed by atoms with Crippen LogP contribution in [0.4, 0.5) is 5.95 Å². The minimum Gasteiger partial charge on any atom is -0.351 e. The summed E-state index contributed by atoms with van der Waals surface area (Å²) >= 11 is 0. The first-order valence-corrected chi connectivity index (χ1v) is 5.60. The SMILES string of the molecule is Cc1cn(C2CC2)c(NCc2cn[nH]c2)n1. The Morgan fingerprint density at radius 3 is 3.12 bits per heavy atom. The van der Waals surface area contributed by atoms with E-state index in [0.29, 0.717) is 6.04 Å². The maximum absolute atomic E-state index is 4.49. The standard InChI is InChI=1S/C11H15N5/c1-8-7-16(10-2-3-10)11(15-8)12-4-9-5-13-14-6-9/h5-7,10H,2-4H2,1H3,(H,12,15)(H,13,14). The molecule has 0 unspecified atom stereocenters. The molecule has 1 aliphatic carbocycles. The lowest BCUT2D eigenvalue weighted by molar-refractivity contribution is 0.742. The van der Waals surface area contributed by atoms with Gasteiger partial charge >= 0.3 is 0 Å². The molecule has 0 radical (unpaired) electrons. The maximum atomic E-state index is 4.49. The van der Waals surface area contributed by atoms with Crippen LogP contribution in [0.2, 0.25) is 0 Å². The van der Waals surface area contributed by atoms with Crippen molar-refractivity contribution < 1.29 is 0 Å². The number of hydrogen-bond acceptors (Lipinski definition) is 3. The molecule has 0 spiro atoms. The molecule has 0 atom stereocenters. The summed E-state index contributed by atoms with van der Waals surface area (Å²) in [5, 5.41) is 10.1. The second kappa shape index (κ2) is 3.66. The monoisotopic (exact) mass is 217 g/mol. The van der Waals surface area contributed by atoms with Gasteiger partial charge in [0.15, 0.2) is 0 Å². The zero-order valence-corrected chi connectivity index (χ0v) is 9.27. The molecule has 5 heteroatoms. The Hall–Kier alpha value is -1.78. The highest BCUT2D eigenvalue weighted by atomic mass is 15.2. The highest BCUT2D eigenvalue weighted by molar-refractivity contribution is 5.31. The van der Waals surface area contributed by atoms with Crippen molar-refractivity contribution in [1.82, 2.24) is 19.7 Å². The average Bonchev–Trinajstić information content (AvgIpc) is 2.85. The van der Waals surface area contributed by atoms with Crippen LogP contribution in [-0.4, -0.2) is 19.7 Å². The number of aryl methyl sites for hydroxylation is 1. The number of imidazole rings is 1. The first-order valence-electron chi connectivity index (χ1n) is 5.60. The molecule has 2 N–H and O–H groups in total. The van der Waals surface area contributed by atoms with Crippen LogP contribution in [0.25, 0.3) is 0 Å². The van der Waals surface area contributed by atoms with Crippen LogP contribution in [0.15, 0.2) is 18.6 Å². The summed E-state index contributed by atoms with van der Waals surface area (Å²) in [6.07, 6.45) is 8.39. The van der Waals surface area contributed by atoms with E-state index in [-0.39, 0.29) is 0 Å². The average molecular weight is 217 g/mol. The smallest absolute Gasteiger partial charge is 0.203 e. The molecule has 84 valence electrons.